The average molecular weight is 355 g/mol. The topological polar surface area (TPSA) is 68.3 Å². The minimum Gasteiger partial charge on any atom is -0.451 e. The van der Waals surface area contributed by atoms with Crippen LogP contribution in [0.2, 0.25) is 5.02 Å². The molecule has 0 radical (unpaired) electrons. The molecule has 1 aromatic carbocycles. The lowest BCUT2D eigenvalue weighted by atomic mass is 10.0. The van der Waals surface area contributed by atoms with Gasteiger partial charge in [0.25, 0.3) is 5.91 Å². The molecule has 2 atom stereocenters. The quantitative estimate of drug-likeness (QED) is 0.875. The Morgan fingerprint density at radius 1 is 1.26 bits per heavy atom. The fourth-order valence-corrected chi connectivity index (χ4v) is 3.24. The predicted molar refractivity (Wildman–Crippen MR) is 94.1 cm³/mol. The highest BCUT2D eigenvalue weighted by molar-refractivity contribution is 6.33. The Morgan fingerprint density at radius 2 is 2.04 bits per heavy atom. The molecule has 1 heterocycles. The number of amides is 1. The monoisotopic (exact) mass is 354 g/mol. The molecule has 1 fully saturated rings. The Labute approximate surface area is 146 Å². The van der Waals surface area contributed by atoms with E-state index in [2.05, 4.69) is 5.32 Å². The first-order valence-electron chi connectivity index (χ1n) is 7.54. The fourth-order valence-electron chi connectivity index (χ4n) is 3.01. The van der Waals surface area contributed by atoms with Crippen LogP contribution in [0, 0.1) is 5.92 Å². The molecule has 23 heavy (non-hydrogen) atoms. The minimum atomic E-state index is -0.191. The molecular formula is C17H20Cl2N2O2. The Kier molecular flexibility index (Phi) is 6.10. The molecule has 2 unspecified atom stereocenters. The molecule has 2 aromatic rings. The van der Waals surface area contributed by atoms with E-state index >= 15 is 0 Å². The van der Waals surface area contributed by atoms with Crippen molar-refractivity contribution in [3.8, 4) is 11.3 Å². The largest absolute Gasteiger partial charge is 0.451 e. The van der Waals surface area contributed by atoms with Crippen LogP contribution in [-0.2, 0) is 0 Å². The van der Waals surface area contributed by atoms with E-state index < -0.39 is 0 Å². The van der Waals surface area contributed by atoms with Gasteiger partial charge < -0.3 is 15.5 Å². The molecule has 1 aromatic heterocycles. The minimum absolute atomic E-state index is 0. The molecule has 124 valence electrons. The van der Waals surface area contributed by atoms with Gasteiger partial charge in [-0.25, -0.2) is 0 Å². The molecule has 4 nitrogen and oxygen atoms in total. The highest BCUT2D eigenvalue weighted by Crippen LogP contribution is 2.29. The van der Waals surface area contributed by atoms with Crippen LogP contribution in [0.4, 0.5) is 0 Å². The first-order chi connectivity index (χ1) is 10.7. The van der Waals surface area contributed by atoms with Crippen molar-refractivity contribution in [1.82, 2.24) is 5.32 Å². The van der Waals surface area contributed by atoms with Crippen LogP contribution < -0.4 is 11.1 Å². The van der Waals surface area contributed by atoms with Gasteiger partial charge in [-0.2, -0.15) is 0 Å². The molecule has 3 rings (SSSR count). The van der Waals surface area contributed by atoms with Crippen LogP contribution in [0.5, 0.6) is 0 Å². The molecule has 6 heteroatoms. The molecule has 0 aliphatic heterocycles. The number of nitrogens with two attached hydrogens (primary N) is 1. The van der Waals surface area contributed by atoms with Gasteiger partial charge in [-0.05, 0) is 49.6 Å². The van der Waals surface area contributed by atoms with E-state index in [1.54, 1.807) is 18.2 Å². The van der Waals surface area contributed by atoms with E-state index in [-0.39, 0.29) is 24.4 Å². The molecule has 3 N–H and O–H groups in total. The third kappa shape index (κ3) is 3.89. The zero-order chi connectivity index (χ0) is 15.5. The zero-order valence-electron chi connectivity index (χ0n) is 12.6. The Balaban J connectivity index is 0.00000192. The number of hydrogen-bond acceptors (Lipinski definition) is 3. The summed E-state index contributed by atoms with van der Waals surface area (Å²) in [5, 5.41) is 3.63. The lowest BCUT2D eigenvalue weighted by molar-refractivity contribution is 0.0901. The van der Waals surface area contributed by atoms with Crippen molar-refractivity contribution in [2.45, 2.75) is 25.3 Å². The van der Waals surface area contributed by atoms with Crippen LogP contribution in [0.25, 0.3) is 11.3 Å². The molecule has 0 spiro atoms. The summed E-state index contributed by atoms with van der Waals surface area (Å²) in [7, 11) is 0. The molecule has 1 amide bonds. The standard InChI is InChI=1S/C17H19ClN2O2.ClH/c18-13-6-2-1-5-12(13)15-8-9-16(22-15)17(21)20-14-7-3-4-11(14)10-19;/h1-2,5-6,8-9,11,14H,3-4,7,10,19H2,(H,20,21);1H. The van der Waals surface area contributed by atoms with E-state index in [1.807, 2.05) is 18.2 Å². The van der Waals surface area contributed by atoms with E-state index in [1.165, 1.54) is 0 Å². The van der Waals surface area contributed by atoms with Crippen LogP contribution in [0.15, 0.2) is 40.8 Å². The maximum atomic E-state index is 12.3. The number of benzene rings is 1. The summed E-state index contributed by atoms with van der Waals surface area (Å²) in [5.41, 5.74) is 6.53. The van der Waals surface area contributed by atoms with Crippen molar-refractivity contribution in [2.24, 2.45) is 11.7 Å². The summed E-state index contributed by atoms with van der Waals surface area (Å²) in [6.07, 6.45) is 3.16. The maximum absolute atomic E-state index is 12.3. The maximum Gasteiger partial charge on any atom is 0.287 e. The number of nitrogens with one attached hydrogen (secondary N) is 1. The van der Waals surface area contributed by atoms with Gasteiger partial charge in [0.2, 0.25) is 0 Å². The normalized spacial score (nSPS) is 20.1. The second-order valence-corrected chi connectivity index (χ2v) is 6.06. The third-order valence-electron chi connectivity index (χ3n) is 4.25. The summed E-state index contributed by atoms with van der Waals surface area (Å²) in [6.45, 7) is 0.605. The fraction of sp³-hybridized carbons (Fsp3) is 0.353. The average Bonchev–Trinajstić information content (AvgIpc) is 3.16. The smallest absolute Gasteiger partial charge is 0.287 e. The Bertz CT molecular complexity index is 672. The first-order valence-corrected chi connectivity index (χ1v) is 7.92. The van der Waals surface area contributed by atoms with E-state index in [4.69, 9.17) is 21.8 Å². The van der Waals surface area contributed by atoms with Crippen molar-refractivity contribution in [3.63, 3.8) is 0 Å². The molecule has 1 aliphatic carbocycles. The molecular weight excluding hydrogens is 335 g/mol. The number of halogens is 2. The van der Waals surface area contributed by atoms with Crippen molar-refractivity contribution < 1.29 is 9.21 Å². The van der Waals surface area contributed by atoms with Gasteiger partial charge in [-0.15, -0.1) is 12.4 Å². The van der Waals surface area contributed by atoms with E-state index in [0.29, 0.717) is 29.0 Å². The lowest BCUT2D eigenvalue weighted by Gasteiger charge is -2.18. The molecule has 0 saturated heterocycles. The summed E-state index contributed by atoms with van der Waals surface area (Å²) in [4.78, 5) is 12.3. The van der Waals surface area contributed by atoms with Crippen molar-refractivity contribution in [3.05, 3.63) is 47.2 Å². The molecule has 0 bridgehead atoms. The second kappa shape index (κ2) is 7.86. The number of carbonyl (C=O) groups is 1. The first kappa shape index (κ1) is 17.9. The SMILES string of the molecule is Cl.NCC1CCCC1NC(=O)c1ccc(-c2ccccc2Cl)o1. The van der Waals surface area contributed by atoms with Gasteiger partial charge in [0, 0.05) is 11.6 Å². The van der Waals surface area contributed by atoms with Gasteiger partial charge in [0.1, 0.15) is 5.76 Å². The summed E-state index contributed by atoms with van der Waals surface area (Å²) >= 11 is 6.15. The molecule has 1 saturated carbocycles. The van der Waals surface area contributed by atoms with Crippen molar-refractivity contribution in [2.75, 3.05) is 6.54 Å². The van der Waals surface area contributed by atoms with E-state index in [0.717, 1.165) is 24.8 Å². The van der Waals surface area contributed by atoms with Crippen molar-refractivity contribution >= 4 is 29.9 Å². The van der Waals surface area contributed by atoms with Gasteiger partial charge in [0.05, 0.1) is 5.02 Å². The zero-order valence-corrected chi connectivity index (χ0v) is 14.2. The molecule has 1 aliphatic rings. The van der Waals surface area contributed by atoms with Gasteiger partial charge in [0.15, 0.2) is 5.76 Å². The predicted octanol–water partition coefficient (Wildman–Crippen LogP) is 3.88. The highest BCUT2D eigenvalue weighted by atomic mass is 35.5. The Morgan fingerprint density at radius 3 is 2.78 bits per heavy atom. The number of carbonyl (C=O) groups excluding carboxylic acids is 1. The van der Waals surface area contributed by atoms with E-state index in [9.17, 15) is 4.79 Å². The van der Waals surface area contributed by atoms with Gasteiger partial charge in [-0.3, -0.25) is 4.79 Å². The van der Waals surface area contributed by atoms with Crippen LogP contribution in [0.3, 0.4) is 0 Å². The lowest BCUT2D eigenvalue weighted by Crippen LogP contribution is -2.39. The highest BCUT2D eigenvalue weighted by Gasteiger charge is 2.28. The summed E-state index contributed by atoms with van der Waals surface area (Å²) in [6, 6.07) is 11.0. The second-order valence-electron chi connectivity index (χ2n) is 5.65. The van der Waals surface area contributed by atoms with Crippen molar-refractivity contribution in [1.29, 1.82) is 0 Å². The summed E-state index contributed by atoms with van der Waals surface area (Å²) in [5.74, 6) is 1.07. The summed E-state index contributed by atoms with van der Waals surface area (Å²) < 4.78 is 5.66. The number of hydrogen-bond donors (Lipinski definition) is 2. The third-order valence-corrected chi connectivity index (χ3v) is 4.58. The van der Waals surface area contributed by atoms with Crippen LogP contribution in [-0.4, -0.2) is 18.5 Å². The van der Waals surface area contributed by atoms with Crippen LogP contribution in [0.1, 0.15) is 29.8 Å². The Hall–Kier alpha value is -1.49. The van der Waals surface area contributed by atoms with Gasteiger partial charge in [-0.1, -0.05) is 30.2 Å². The number of rotatable bonds is 4. The van der Waals surface area contributed by atoms with Gasteiger partial charge >= 0.3 is 0 Å². The number of furan rings is 1. The van der Waals surface area contributed by atoms with Crippen LogP contribution >= 0.6 is 24.0 Å².